The fourth-order valence-electron chi connectivity index (χ4n) is 6.21. The van der Waals surface area contributed by atoms with Gasteiger partial charge >= 0.3 is 0 Å². The Balaban J connectivity index is 1.86. The second-order valence-corrected chi connectivity index (χ2v) is 14.3. The Morgan fingerprint density at radius 2 is 1.59 bits per heavy atom. The SMILES string of the molecule is CNC(C)C(=O)NC(C(=O)N1CCC2C1C(C(=O)N[C@H](C)C1CCCCC1)CN2S(C)(=O)=O)C(C)(C)C. The van der Waals surface area contributed by atoms with E-state index in [1.165, 1.54) is 10.7 Å². The average Bonchev–Trinajstić information content (AvgIpc) is 3.41. The first-order valence-electron chi connectivity index (χ1n) is 13.7. The van der Waals surface area contributed by atoms with Crippen LogP contribution >= 0.6 is 0 Å². The van der Waals surface area contributed by atoms with Crippen LogP contribution in [-0.2, 0) is 24.4 Å². The van der Waals surface area contributed by atoms with E-state index in [2.05, 4.69) is 16.0 Å². The van der Waals surface area contributed by atoms with Crippen LogP contribution in [0.3, 0.4) is 0 Å². The van der Waals surface area contributed by atoms with Gasteiger partial charge in [0.2, 0.25) is 27.7 Å². The smallest absolute Gasteiger partial charge is 0.246 e. The lowest BCUT2D eigenvalue weighted by Crippen LogP contribution is -2.59. The van der Waals surface area contributed by atoms with E-state index in [-0.39, 0.29) is 30.3 Å². The molecule has 3 amide bonds. The zero-order valence-corrected chi connectivity index (χ0v) is 24.4. The maximum absolute atomic E-state index is 14.0. The highest BCUT2D eigenvalue weighted by atomic mass is 32.2. The van der Waals surface area contributed by atoms with Crippen molar-refractivity contribution < 1.29 is 22.8 Å². The minimum absolute atomic E-state index is 0.00580. The summed E-state index contributed by atoms with van der Waals surface area (Å²) in [5.74, 6) is -1.00. The molecule has 5 unspecified atom stereocenters. The van der Waals surface area contributed by atoms with E-state index in [0.717, 1.165) is 31.9 Å². The summed E-state index contributed by atoms with van der Waals surface area (Å²) in [4.78, 5) is 41.9. The quantitative estimate of drug-likeness (QED) is 0.422. The van der Waals surface area contributed by atoms with Crippen molar-refractivity contribution in [2.75, 3.05) is 26.4 Å². The summed E-state index contributed by atoms with van der Waals surface area (Å²) in [5, 5.41) is 8.97. The largest absolute Gasteiger partial charge is 0.353 e. The molecule has 11 heteroatoms. The molecule has 3 N–H and O–H groups in total. The number of likely N-dealkylation sites (N-methyl/N-ethyl adjacent to an activating group) is 1. The number of carbonyl (C=O) groups excluding carboxylic acids is 3. The van der Waals surface area contributed by atoms with Crippen LogP contribution in [0.1, 0.15) is 73.1 Å². The zero-order chi connectivity index (χ0) is 27.7. The highest BCUT2D eigenvalue weighted by molar-refractivity contribution is 7.88. The van der Waals surface area contributed by atoms with E-state index in [9.17, 15) is 22.8 Å². The van der Waals surface area contributed by atoms with Crippen molar-refractivity contribution in [3.8, 4) is 0 Å². The van der Waals surface area contributed by atoms with Gasteiger partial charge in [0.15, 0.2) is 0 Å². The first kappa shape index (κ1) is 29.8. The molecule has 0 aromatic rings. The van der Waals surface area contributed by atoms with Crippen molar-refractivity contribution in [3.63, 3.8) is 0 Å². The third-order valence-electron chi connectivity index (χ3n) is 8.58. The molecular weight excluding hydrogens is 494 g/mol. The van der Waals surface area contributed by atoms with Gasteiger partial charge < -0.3 is 20.9 Å². The maximum Gasteiger partial charge on any atom is 0.246 e. The van der Waals surface area contributed by atoms with E-state index in [1.807, 2.05) is 27.7 Å². The summed E-state index contributed by atoms with van der Waals surface area (Å²) >= 11 is 0. The molecule has 2 saturated heterocycles. The molecule has 0 radical (unpaired) electrons. The summed E-state index contributed by atoms with van der Waals surface area (Å²) in [6.45, 7) is 9.82. The number of nitrogens with one attached hydrogen (secondary N) is 3. The van der Waals surface area contributed by atoms with Crippen LogP contribution < -0.4 is 16.0 Å². The number of nitrogens with zero attached hydrogens (tertiary/aromatic N) is 2. The number of fused-ring (bicyclic) bond motifs is 1. The van der Waals surface area contributed by atoms with E-state index in [0.29, 0.717) is 18.9 Å². The first-order chi connectivity index (χ1) is 17.2. The van der Waals surface area contributed by atoms with Gasteiger partial charge in [-0.25, -0.2) is 8.42 Å². The number of carbonyl (C=O) groups is 3. The van der Waals surface area contributed by atoms with Gasteiger partial charge in [0.05, 0.1) is 24.3 Å². The van der Waals surface area contributed by atoms with Crippen molar-refractivity contribution in [1.29, 1.82) is 0 Å². The van der Waals surface area contributed by atoms with Crippen molar-refractivity contribution in [1.82, 2.24) is 25.2 Å². The lowest BCUT2D eigenvalue weighted by molar-refractivity contribution is -0.142. The van der Waals surface area contributed by atoms with E-state index >= 15 is 0 Å². The van der Waals surface area contributed by atoms with Crippen molar-refractivity contribution in [2.45, 2.75) is 103 Å². The Morgan fingerprint density at radius 1 is 0.973 bits per heavy atom. The minimum atomic E-state index is -3.57. The van der Waals surface area contributed by atoms with Crippen LogP contribution in [-0.4, -0.2) is 91.9 Å². The highest BCUT2D eigenvalue weighted by Gasteiger charge is 2.56. The van der Waals surface area contributed by atoms with Gasteiger partial charge in [-0.15, -0.1) is 0 Å². The molecule has 3 rings (SSSR count). The normalized spacial score (nSPS) is 27.9. The molecule has 2 aliphatic heterocycles. The second-order valence-electron chi connectivity index (χ2n) is 12.3. The maximum atomic E-state index is 14.0. The third kappa shape index (κ3) is 6.65. The first-order valence-corrected chi connectivity index (χ1v) is 15.6. The van der Waals surface area contributed by atoms with Crippen LogP contribution in [0.4, 0.5) is 0 Å². The monoisotopic (exact) mass is 541 g/mol. The zero-order valence-electron chi connectivity index (χ0n) is 23.5. The van der Waals surface area contributed by atoms with Crippen molar-refractivity contribution >= 4 is 27.7 Å². The summed E-state index contributed by atoms with van der Waals surface area (Å²) in [7, 11) is -1.89. The van der Waals surface area contributed by atoms with Gasteiger partial charge in [-0.05, 0) is 51.5 Å². The average molecular weight is 542 g/mol. The molecule has 212 valence electrons. The molecule has 0 aromatic heterocycles. The summed E-state index contributed by atoms with van der Waals surface area (Å²) in [6, 6.07) is -2.31. The molecule has 1 saturated carbocycles. The van der Waals surface area contributed by atoms with Gasteiger partial charge in [-0.3, -0.25) is 14.4 Å². The summed E-state index contributed by atoms with van der Waals surface area (Å²) < 4.78 is 26.7. The predicted molar refractivity (Wildman–Crippen MR) is 143 cm³/mol. The topological polar surface area (TPSA) is 128 Å². The molecule has 2 heterocycles. The van der Waals surface area contributed by atoms with Crippen LogP contribution in [0.5, 0.6) is 0 Å². The number of sulfonamides is 1. The van der Waals surface area contributed by atoms with Crippen molar-refractivity contribution in [2.24, 2.45) is 17.3 Å². The molecule has 10 nitrogen and oxygen atoms in total. The van der Waals surface area contributed by atoms with E-state index in [1.54, 1.807) is 18.9 Å². The van der Waals surface area contributed by atoms with Gasteiger partial charge in [-0.1, -0.05) is 40.0 Å². The van der Waals surface area contributed by atoms with Crippen LogP contribution in [0.2, 0.25) is 0 Å². The fraction of sp³-hybridized carbons (Fsp3) is 0.885. The number of amides is 3. The molecule has 3 aliphatic rings. The lowest BCUT2D eigenvalue weighted by atomic mass is 9.84. The molecule has 0 bridgehead atoms. The van der Waals surface area contributed by atoms with E-state index in [4.69, 9.17) is 0 Å². The van der Waals surface area contributed by atoms with Crippen molar-refractivity contribution in [3.05, 3.63) is 0 Å². The molecule has 37 heavy (non-hydrogen) atoms. The third-order valence-corrected chi connectivity index (χ3v) is 9.85. The molecule has 1 aliphatic carbocycles. The molecule has 6 atom stereocenters. The van der Waals surface area contributed by atoms with Gasteiger partial charge in [-0.2, -0.15) is 4.31 Å². The second kappa shape index (κ2) is 11.6. The van der Waals surface area contributed by atoms with Crippen LogP contribution in [0.15, 0.2) is 0 Å². The van der Waals surface area contributed by atoms with Gasteiger partial charge in [0.25, 0.3) is 0 Å². The number of hydrogen-bond acceptors (Lipinski definition) is 6. The summed E-state index contributed by atoms with van der Waals surface area (Å²) in [5.41, 5.74) is -0.583. The standard InChI is InChI=1S/C26H47N5O5S/c1-16(18-11-9-8-10-12-18)28-24(33)19-15-31(37(7,35)36)20-13-14-30(21(19)20)25(34)22(26(3,4)5)29-23(32)17(2)27-6/h16-22,27H,8-15H2,1-7H3,(H,28,33)(H,29,32)/t16-,17?,19?,20?,21?,22?/m1/s1. The Bertz CT molecular complexity index is 959. The van der Waals surface area contributed by atoms with Crippen LogP contribution in [0.25, 0.3) is 0 Å². The number of likely N-dealkylation sites (tertiary alicyclic amines) is 1. The molecule has 0 aromatic carbocycles. The Morgan fingerprint density at radius 3 is 2.14 bits per heavy atom. The highest BCUT2D eigenvalue weighted by Crippen LogP contribution is 2.39. The molecule has 3 fully saturated rings. The predicted octanol–water partition coefficient (Wildman–Crippen LogP) is 1.07. The Labute approximate surface area is 222 Å². The number of rotatable bonds is 8. The summed E-state index contributed by atoms with van der Waals surface area (Å²) in [6.07, 6.45) is 7.33. The molecule has 0 spiro atoms. The minimum Gasteiger partial charge on any atom is -0.353 e. The number of hydrogen-bond donors (Lipinski definition) is 3. The van der Waals surface area contributed by atoms with Gasteiger partial charge in [0, 0.05) is 25.2 Å². The Hall–Kier alpha value is -1.72. The Kier molecular flexibility index (Phi) is 9.33. The fourth-order valence-corrected chi connectivity index (χ4v) is 7.36. The van der Waals surface area contributed by atoms with Crippen LogP contribution in [0, 0.1) is 17.3 Å². The van der Waals surface area contributed by atoms with E-state index < -0.39 is 45.5 Å². The lowest BCUT2D eigenvalue weighted by Gasteiger charge is -2.37. The molecular formula is C26H47N5O5S. The van der Waals surface area contributed by atoms with Gasteiger partial charge in [0.1, 0.15) is 6.04 Å².